The summed E-state index contributed by atoms with van der Waals surface area (Å²) in [5, 5.41) is 0.570. The molecule has 1 amide bonds. The summed E-state index contributed by atoms with van der Waals surface area (Å²) in [4.78, 5) is 19.2. The van der Waals surface area contributed by atoms with Crippen molar-refractivity contribution in [3.63, 3.8) is 0 Å². The average molecular weight is 303 g/mol. The highest BCUT2D eigenvalue weighted by Crippen LogP contribution is 2.23. The molecular formula is C16H21N3OS. The number of carbonyl (C=O) groups is 1. The molecule has 0 radical (unpaired) electrons. The van der Waals surface area contributed by atoms with Gasteiger partial charge < -0.3 is 4.90 Å². The Balaban J connectivity index is 1.83. The van der Waals surface area contributed by atoms with E-state index in [1.807, 2.05) is 45.5 Å². The molecule has 21 heavy (non-hydrogen) atoms. The van der Waals surface area contributed by atoms with Crippen LogP contribution in [0.25, 0.3) is 5.65 Å². The van der Waals surface area contributed by atoms with Gasteiger partial charge in [-0.15, -0.1) is 0 Å². The summed E-state index contributed by atoms with van der Waals surface area (Å²) in [5.41, 5.74) is 1.50. The molecule has 0 aromatic carbocycles. The maximum Gasteiger partial charge on any atom is 0.272 e. The normalized spacial score (nSPS) is 19.7. The molecule has 1 aliphatic rings. The van der Waals surface area contributed by atoms with Crippen LogP contribution in [0.4, 0.5) is 0 Å². The molecule has 2 aromatic rings. The smallest absolute Gasteiger partial charge is 0.272 e. The van der Waals surface area contributed by atoms with Crippen molar-refractivity contribution in [3.8, 4) is 0 Å². The van der Waals surface area contributed by atoms with E-state index in [1.165, 1.54) is 12.8 Å². The Morgan fingerprint density at radius 2 is 2.33 bits per heavy atom. The predicted molar refractivity (Wildman–Crippen MR) is 86.9 cm³/mol. The Morgan fingerprint density at radius 3 is 3.19 bits per heavy atom. The van der Waals surface area contributed by atoms with Crippen molar-refractivity contribution in [2.24, 2.45) is 0 Å². The zero-order valence-corrected chi connectivity index (χ0v) is 13.2. The first-order valence-corrected chi connectivity index (χ1v) is 8.67. The topological polar surface area (TPSA) is 37.6 Å². The largest absolute Gasteiger partial charge is 0.336 e. The molecule has 3 heterocycles. The Hall–Kier alpha value is -1.49. The van der Waals surface area contributed by atoms with E-state index in [4.69, 9.17) is 0 Å². The molecule has 0 saturated carbocycles. The van der Waals surface area contributed by atoms with Gasteiger partial charge in [-0.1, -0.05) is 19.4 Å². The molecule has 2 aromatic heterocycles. The van der Waals surface area contributed by atoms with Gasteiger partial charge in [-0.05, 0) is 30.7 Å². The first kappa shape index (κ1) is 14.4. The monoisotopic (exact) mass is 303 g/mol. The number of rotatable bonds is 3. The van der Waals surface area contributed by atoms with Crippen LogP contribution in [0.15, 0.2) is 30.6 Å². The van der Waals surface area contributed by atoms with Crippen molar-refractivity contribution < 1.29 is 4.79 Å². The Kier molecular flexibility index (Phi) is 4.48. The third-order valence-electron chi connectivity index (χ3n) is 3.95. The van der Waals surface area contributed by atoms with Gasteiger partial charge in [-0.3, -0.25) is 9.20 Å². The average Bonchev–Trinajstić information content (AvgIpc) is 2.79. The Morgan fingerprint density at radius 1 is 1.43 bits per heavy atom. The fourth-order valence-electron chi connectivity index (χ4n) is 2.91. The van der Waals surface area contributed by atoms with Crippen molar-refractivity contribution in [3.05, 3.63) is 36.3 Å². The summed E-state index contributed by atoms with van der Waals surface area (Å²) in [7, 11) is 0. The van der Waals surface area contributed by atoms with Gasteiger partial charge in [-0.25, -0.2) is 4.98 Å². The zero-order valence-electron chi connectivity index (χ0n) is 12.4. The van der Waals surface area contributed by atoms with Crippen molar-refractivity contribution in [2.45, 2.75) is 31.4 Å². The number of thioether (sulfide) groups is 1. The van der Waals surface area contributed by atoms with E-state index in [2.05, 4.69) is 11.9 Å². The predicted octanol–water partition coefficient (Wildman–Crippen LogP) is 3.08. The van der Waals surface area contributed by atoms with Gasteiger partial charge >= 0.3 is 0 Å². The number of likely N-dealkylation sites (tertiary alicyclic amines) is 1. The van der Waals surface area contributed by atoms with Crippen LogP contribution in [0.1, 0.15) is 36.7 Å². The fraction of sp³-hybridized carbons (Fsp3) is 0.500. The van der Waals surface area contributed by atoms with E-state index in [1.54, 1.807) is 6.20 Å². The molecule has 0 bridgehead atoms. The number of imidazole rings is 1. The van der Waals surface area contributed by atoms with Crippen LogP contribution in [-0.2, 0) is 0 Å². The second-order valence-electron chi connectivity index (χ2n) is 5.40. The van der Waals surface area contributed by atoms with E-state index in [0.717, 1.165) is 30.9 Å². The number of hydrogen-bond acceptors (Lipinski definition) is 3. The Labute approximate surface area is 129 Å². The van der Waals surface area contributed by atoms with Crippen LogP contribution >= 0.6 is 11.8 Å². The van der Waals surface area contributed by atoms with Gasteiger partial charge in [-0.2, -0.15) is 11.8 Å². The molecule has 0 N–H and O–H groups in total. The summed E-state index contributed by atoms with van der Waals surface area (Å²) in [6.07, 6.45) is 7.14. The van der Waals surface area contributed by atoms with Crippen molar-refractivity contribution in [1.82, 2.24) is 14.3 Å². The summed E-state index contributed by atoms with van der Waals surface area (Å²) in [5.74, 6) is 1.22. The maximum atomic E-state index is 12.8. The van der Waals surface area contributed by atoms with Crippen molar-refractivity contribution >= 4 is 23.3 Å². The van der Waals surface area contributed by atoms with E-state index in [0.29, 0.717) is 10.9 Å². The van der Waals surface area contributed by atoms with E-state index in [9.17, 15) is 4.79 Å². The van der Waals surface area contributed by atoms with Crippen LogP contribution in [-0.4, -0.2) is 44.3 Å². The fourth-order valence-corrected chi connectivity index (χ4v) is 4.00. The lowest BCUT2D eigenvalue weighted by molar-refractivity contribution is 0.0756. The molecular weight excluding hydrogens is 282 g/mol. The van der Waals surface area contributed by atoms with Gasteiger partial charge in [0.2, 0.25) is 0 Å². The van der Waals surface area contributed by atoms with E-state index < -0.39 is 0 Å². The lowest BCUT2D eigenvalue weighted by atomic mass is 10.2. The van der Waals surface area contributed by atoms with Crippen molar-refractivity contribution in [1.29, 1.82) is 0 Å². The molecule has 4 nitrogen and oxygen atoms in total. The quantitative estimate of drug-likeness (QED) is 0.874. The van der Waals surface area contributed by atoms with Crippen LogP contribution in [0.5, 0.6) is 0 Å². The summed E-state index contributed by atoms with van der Waals surface area (Å²) < 4.78 is 1.88. The molecule has 0 aliphatic carbocycles. The number of fused-ring (bicyclic) bond motifs is 1. The first-order chi connectivity index (χ1) is 10.3. The standard InChI is InChI=1S/C16H21N3OS/c1-2-21-13-7-3-5-9-18(12-13)16(20)14-11-17-15-8-4-6-10-19(14)15/h4,6,8,10-11,13H,2-3,5,7,9,12H2,1H3. The summed E-state index contributed by atoms with van der Waals surface area (Å²) in [6.45, 7) is 3.91. The SMILES string of the molecule is CCSC1CCCCN(C(=O)c2cnc3ccccn23)C1. The number of amides is 1. The molecule has 112 valence electrons. The van der Waals surface area contributed by atoms with Gasteiger partial charge in [0, 0.05) is 24.5 Å². The van der Waals surface area contributed by atoms with E-state index >= 15 is 0 Å². The minimum absolute atomic E-state index is 0.109. The molecule has 0 spiro atoms. The second-order valence-corrected chi connectivity index (χ2v) is 6.97. The number of carbonyl (C=O) groups excluding carboxylic acids is 1. The van der Waals surface area contributed by atoms with Gasteiger partial charge in [0.05, 0.1) is 6.20 Å². The molecule has 1 saturated heterocycles. The van der Waals surface area contributed by atoms with E-state index in [-0.39, 0.29) is 5.91 Å². The number of aromatic nitrogens is 2. The first-order valence-electron chi connectivity index (χ1n) is 7.62. The number of nitrogens with zero attached hydrogens (tertiary/aromatic N) is 3. The van der Waals surface area contributed by atoms with Crippen LogP contribution in [0.3, 0.4) is 0 Å². The highest BCUT2D eigenvalue weighted by molar-refractivity contribution is 7.99. The molecule has 3 rings (SSSR count). The second kappa shape index (κ2) is 6.52. The lowest BCUT2D eigenvalue weighted by Gasteiger charge is -2.23. The van der Waals surface area contributed by atoms with Crippen LogP contribution in [0.2, 0.25) is 0 Å². The minimum atomic E-state index is 0.109. The number of hydrogen-bond donors (Lipinski definition) is 0. The Bertz CT molecular complexity index is 625. The van der Waals surface area contributed by atoms with Crippen LogP contribution < -0.4 is 0 Å². The third kappa shape index (κ3) is 3.07. The molecule has 1 fully saturated rings. The van der Waals surface area contributed by atoms with Gasteiger partial charge in [0.1, 0.15) is 11.3 Å². The maximum absolute atomic E-state index is 12.8. The molecule has 1 aliphatic heterocycles. The number of pyridine rings is 1. The zero-order chi connectivity index (χ0) is 14.7. The van der Waals surface area contributed by atoms with Crippen molar-refractivity contribution in [2.75, 3.05) is 18.8 Å². The minimum Gasteiger partial charge on any atom is -0.336 e. The summed E-state index contributed by atoms with van der Waals surface area (Å²) >= 11 is 1.97. The molecule has 1 unspecified atom stereocenters. The molecule has 5 heteroatoms. The van der Waals surface area contributed by atoms with Gasteiger partial charge in [0.15, 0.2) is 0 Å². The molecule has 1 atom stereocenters. The summed E-state index contributed by atoms with van der Waals surface area (Å²) in [6, 6.07) is 5.80. The third-order valence-corrected chi connectivity index (χ3v) is 5.14. The lowest BCUT2D eigenvalue weighted by Crippen LogP contribution is -2.36. The highest BCUT2D eigenvalue weighted by atomic mass is 32.2. The van der Waals surface area contributed by atoms with Gasteiger partial charge in [0.25, 0.3) is 5.91 Å². The highest BCUT2D eigenvalue weighted by Gasteiger charge is 2.24. The van der Waals surface area contributed by atoms with Crippen LogP contribution in [0, 0.1) is 0 Å².